The Morgan fingerprint density at radius 3 is 2.23 bits per heavy atom. The van der Waals surface area contributed by atoms with E-state index in [0.717, 1.165) is 54.5 Å². The van der Waals surface area contributed by atoms with Crippen molar-refractivity contribution in [3.05, 3.63) is 76.9 Å². The molecule has 0 saturated heterocycles. The summed E-state index contributed by atoms with van der Waals surface area (Å²) >= 11 is 1.38. The summed E-state index contributed by atoms with van der Waals surface area (Å²) in [6.45, 7) is 4.11. The van der Waals surface area contributed by atoms with E-state index in [1.54, 1.807) is 21.3 Å². The molecule has 0 bridgehead atoms. The fourth-order valence-corrected chi connectivity index (χ4v) is 5.82. The Morgan fingerprint density at radius 1 is 0.857 bits per heavy atom. The molecule has 186 valence electrons. The van der Waals surface area contributed by atoms with E-state index in [1.807, 2.05) is 24.3 Å². The molecule has 0 spiro atoms. The van der Waals surface area contributed by atoms with Gasteiger partial charge >= 0.3 is 0 Å². The maximum absolute atomic E-state index is 7.00. The van der Waals surface area contributed by atoms with Gasteiger partial charge in [0, 0.05) is 42.6 Å². The first-order valence-electron chi connectivity index (χ1n) is 11.7. The van der Waals surface area contributed by atoms with E-state index < -0.39 is 0 Å². The van der Waals surface area contributed by atoms with Crippen LogP contribution >= 0.6 is 12.0 Å². The Labute approximate surface area is 212 Å². The minimum atomic E-state index is 0.282. The van der Waals surface area contributed by atoms with Crippen molar-refractivity contribution in [3.63, 3.8) is 0 Å². The Hall–Kier alpha value is -2.87. The monoisotopic (exact) mass is 495 g/mol. The van der Waals surface area contributed by atoms with Crippen molar-refractivity contribution in [1.29, 1.82) is 0 Å². The smallest absolute Gasteiger partial charge is 0.184 e. The van der Waals surface area contributed by atoms with Crippen LogP contribution in [0.5, 0.6) is 23.0 Å². The first kappa shape index (κ1) is 25.2. The van der Waals surface area contributed by atoms with Crippen LogP contribution in [0.3, 0.4) is 0 Å². The first-order valence-corrected chi connectivity index (χ1v) is 12.4. The predicted molar refractivity (Wildman–Crippen MR) is 139 cm³/mol. The van der Waals surface area contributed by atoms with Crippen LogP contribution in [-0.2, 0) is 13.0 Å². The van der Waals surface area contributed by atoms with Gasteiger partial charge in [-0.05, 0) is 53.4 Å². The highest BCUT2D eigenvalue weighted by Gasteiger charge is 2.39. The zero-order valence-corrected chi connectivity index (χ0v) is 21.7. The molecule has 35 heavy (non-hydrogen) atoms. The quantitative estimate of drug-likeness (QED) is 0.445. The maximum Gasteiger partial charge on any atom is 0.184 e. The average Bonchev–Trinajstić information content (AvgIpc) is 2.92. The van der Waals surface area contributed by atoms with Gasteiger partial charge in [-0.2, -0.15) is 0 Å². The van der Waals surface area contributed by atoms with Crippen LogP contribution in [0, 0.1) is 0 Å². The van der Waals surface area contributed by atoms with Crippen molar-refractivity contribution in [2.45, 2.75) is 36.7 Å². The summed E-state index contributed by atoms with van der Waals surface area (Å²) in [5.41, 5.74) is 5.19. The Morgan fingerprint density at radius 2 is 1.54 bits per heavy atom. The van der Waals surface area contributed by atoms with E-state index in [2.05, 4.69) is 42.2 Å². The highest BCUT2D eigenvalue weighted by atomic mass is 32.2. The Bertz CT molecular complexity index is 1150. The normalized spacial score (nSPS) is 18.2. The predicted octanol–water partition coefficient (Wildman–Crippen LogP) is 5.62. The molecule has 2 aliphatic heterocycles. The molecular weight excluding hydrogens is 462 g/mol. The summed E-state index contributed by atoms with van der Waals surface area (Å²) in [7, 11) is 6.10. The minimum Gasteiger partial charge on any atom is -0.493 e. The number of ether oxygens (including phenoxy) is 3. The summed E-state index contributed by atoms with van der Waals surface area (Å²) in [4.78, 5) is 3.62. The van der Waals surface area contributed by atoms with Gasteiger partial charge in [-0.15, -0.1) is 0 Å². The maximum atomic E-state index is 7.00. The summed E-state index contributed by atoms with van der Waals surface area (Å²) < 4.78 is 23.2. The number of hydrogen-bond acceptors (Lipinski definition) is 7. The standard InChI is InChI=1S/C27H29NO4S.CH4O/c1-17-20-10-11-23(29-2)27(32-33-19-8-6-5-7-9-19)22(20)16-28-13-12-18-14-24(30-3)25(31-4)15-21(18)26(17)28;1-2/h5-11,14-15,17,26H,12-13,16H2,1-4H3;2H,1H3. The van der Waals surface area contributed by atoms with Crippen molar-refractivity contribution in [3.8, 4) is 23.0 Å². The SMILES string of the molecule is CO.COc1cc2c(cc1OC)C1C(C)c3ccc(OC)c(OSc4ccccc4)c3CN1CC2. The van der Waals surface area contributed by atoms with E-state index >= 15 is 0 Å². The molecule has 7 heteroatoms. The lowest BCUT2D eigenvalue weighted by molar-refractivity contribution is 0.137. The zero-order valence-electron chi connectivity index (χ0n) is 20.9. The molecule has 2 atom stereocenters. The number of aliphatic hydroxyl groups is 1. The van der Waals surface area contributed by atoms with Crippen LogP contribution in [-0.4, -0.2) is 45.0 Å². The highest BCUT2D eigenvalue weighted by molar-refractivity contribution is 7.95. The lowest BCUT2D eigenvalue weighted by Gasteiger charge is -2.45. The second-order valence-electron chi connectivity index (χ2n) is 8.50. The molecule has 0 aromatic heterocycles. The second kappa shape index (κ2) is 11.2. The number of aliphatic hydroxyl groups excluding tert-OH is 1. The fraction of sp³-hybridized carbons (Fsp3) is 0.357. The van der Waals surface area contributed by atoms with Gasteiger partial charge in [0.05, 0.1) is 33.4 Å². The molecule has 0 aliphatic carbocycles. The van der Waals surface area contributed by atoms with Gasteiger partial charge in [0.1, 0.15) is 0 Å². The summed E-state index contributed by atoms with van der Waals surface area (Å²) in [6.07, 6.45) is 0.979. The summed E-state index contributed by atoms with van der Waals surface area (Å²) in [5, 5.41) is 7.00. The molecule has 0 saturated carbocycles. The van der Waals surface area contributed by atoms with E-state index in [0.29, 0.717) is 5.92 Å². The van der Waals surface area contributed by atoms with Gasteiger partial charge in [-0.3, -0.25) is 4.90 Å². The Balaban J connectivity index is 0.00000141. The van der Waals surface area contributed by atoms with Crippen LogP contribution in [0.15, 0.2) is 59.5 Å². The molecule has 1 N–H and O–H groups in total. The number of benzene rings is 3. The minimum absolute atomic E-state index is 0.282. The third-order valence-electron chi connectivity index (χ3n) is 6.80. The molecule has 2 heterocycles. The zero-order chi connectivity index (χ0) is 24.9. The second-order valence-corrected chi connectivity index (χ2v) is 9.31. The van der Waals surface area contributed by atoms with Gasteiger partial charge < -0.3 is 23.5 Å². The highest BCUT2D eigenvalue weighted by Crippen LogP contribution is 2.51. The molecule has 0 fully saturated rings. The van der Waals surface area contributed by atoms with E-state index in [1.165, 1.54) is 34.3 Å². The molecule has 2 aliphatic rings. The van der Waals surface area contributed by atoms with Crippen LogP contribution in [0.25, 0.3) is 0 Å². The van der Waals surface area contributed by atoms with E-state index in [4.69, 9.17) is 23.5 Å². The third-order valence-corrected chi connectivity index (χ3v) is 7.51. The van der Waals surface area contributed by atoms with Crippen LogP contribution in [0.1, 0.15) is 41.1 Å². The molecule has 0 amide bonds. The van der Waals surface area contributed by atoms with Crippen molar-refractivity contribution in [1.82, 2.24) is 4.90 Å². The Kier molecular flexibility index (Phi) is 8.11. The van der Waals surface area contributed by atoms with E-state index in [-0.39, 0.29) is 6.04 Å². The molecular formula is C28H33NO5S. The number of rotatable bonds is 6. The third kappa shape index (κ3) is 4.81. The average molecular weight is 496 g/mol. The number of nitrogens with zero attached hydrogens (tertiary/aromatic N) is 1. The van der Waals surface area contributed by atoms with E-state index in [9.17, 15) is 0 Å². The van der Waals surface area contributed by atoms with Crippen molar-refractivity contribution in [2.24, 2.45) is 0 Å². The topological polar surface area (TPSA) is 60.4 Å². The molecule has 6 nitrogen and oxygen atoms in total. The van der Waals surface area contributed by atoms with Gasteiger partial charge in [-0.25, -0.2) is 0 Å². The van der Waals surface area contributed by atoms with Gasteiger partial charge in [0.2, 0.25) is 0 Å². The largest absolute Gasteiger partial charge is 0.493 e. The number of fused-ring (bicyclic) bond motifs is 4. The number of hydrogen-bond donors (Lipinski definition) is 1. The lowest BCUT2D eigenvalue weighted by atomic mass is 9.77. The van der Waals surface area contributed by atoms with Gasteiger partial charge in [0.15, 0.2) is 23.0 Å². The fourth-order valence-electron chi connectivity index (χ4n) is 5.19. The number of methoxy groups -OCH3 is 3. The van der Waals surface area contributed by atoms with Crippen molar-refractivity contribution >= 4 is 12.0 Å². The van der Waals surface area contributed by atoms with Gasteiger partial charge in [0.25, 0.3) is 0 Å². The lowest BCUT2D eigenvalue weighted by Crippen LogP contribution is -2.41. The summed E-state index contributed by atoms with van der Waals surface area (Å²) in [6, 6.07) is 19.0. The van der Waals surface area contributed by atoms with Crippen LogP contribution in [0.2, 0.25) is 0 Å². The van der Waals surface area contributed by atoms with Crippen molar-refractivity contribution in [2.75, 3.05) is 35.0 Å². The molecule has 5 rings (SSSR count). The summed E-state index contributed by atoms with van der Waals surface area (Å²) in [5.74, 6) is 3.47. The van der Waals surface area contributed by atoms with Gasteiger partial charge in [-0.1, -0.05) is 31.2 Å². The molecule has 2 unspecified atom stereocenters. The first-order chi connectivity index (χ1) is 17.1. The van der Waals surface area contributed by atoms with Crippen LogP contribution < -0.4 is 18.4 Å². The van der Waals surface area contributed by atoms with Crippen LogP contribution in [0.4, 0.5) is 0 Å². The van der Waals surface area contributed by atoms with Crippen molar-refractivity contribution < 1.29 is 23.5 Å². The molecule has 3 aromatic rings. The molecule has 0 radical (unpaired) electrons. The molecule has 3 aromatic carbocycles.